The Kier molecular flexibility index (Phi) is 5.60. The highest BCUT2D eigenvalue weighted by molar-refractivity contribution is 7.15. The van der Waals surface area contributed by atoms with Crippen molar-refractivity contribution in [1.29, 1.82) is 0 Å². The molecule has 0 bridgehead atoms. The number of hydrogen-bond donors (Lipinski definition) is 1. The quantitative estimate of drug-likeness (QED) is 0.280. The van der Waals surface area contributed by atoms with E-state index in [4.69, 9.17) is 4.98 Å². The fraction of sp³-hybridized carbons (Fsp3) is 0.258. The van der Waals surface area contributed by atoms with Crippen molar-refractivity contribution in [2.24, 2.45) is 0 Å². The van der Waals surface area contributed by atoms with Gasteiger partial charge in [-0.3, -0.25) is 4.40 Å². The van der Waals surface area contributed by atoms with Gasteiger partial charge in [0, 0.05) is 33.2 Å². The minimum absolute atomic E-state index is 0.193. The minimum Gasteiger partial charge on any atom is -0.507 e. The van der Waals surface area contributed by atoms with Gasteiger partial charge in [-0.2, -0.15) is 0 Å². The fourth-order valence-corrected chi connectivity index (χ4v) is 5.54. The number of fused-ring (bicyclic) bond motifs is 1. The molecule has 0 atom stereocenters. The number of nitrogens with zero attached hydrogens (tertiary/aromatic N) is 2. The van der Waals surface area contributed by atoms with Crippen LogP contribution in [0.2, 0.25) is 0 Å². The molecule has 0 radical (unpaired) electrons. The number of phenols is 1. The van der Waals surface area contributed by atoms with Crippen LogP contribution in [0, 0.1) is 0 Å². The second kappa shape index (κ2) is 8.39. The van der Waals surface area contributed by atoms with Crippen LogP contribution in [0.5, 0.6) is 5.75 Å². The number of phenolic OH excluding ortho intramolecular Hbond substituents is 1. The number of imidazole rings is 1. The molecule has 0 aliphatic rings. The number of benzene rings is 3. The average Bonchev–Trinajstić information content (AvgIpc) is 3.38. The highest BCUT2D eigenvalue weighted by Gasteiger charge is 2.28. The molecule has 2 heterocycles. The summed E-state index contributed by atoms with van der Waals surface area (Å²) in [6, 6.07) is 25.2. The van der Waals surface area contributed by atoms with Crippen molar-refractivity contribution in [2.45, 2.75) is 52.4 Å². The van der Waals surface area contributed by atoms with Gasteiger partial charge in [0.05, 0.1) is 17.1 Å². The van der Waals surface area contributed by atoms with Gasteiger partial charge in [-0.15, -0.1) is 11.3 Å². The normalized spacial score (nSPS) is 12.4. The van der Waals surface area contributed by atoms with Gasteiger partial charge < -0.3 is 5.11 Å². The Morgan fingerprint density at radius 1 is 0.714 bits per heavy atom. The predicted octanol–water partition coefficient (Wildman–Crippen LogP) is 8.70. The molecule has 4 heteroatoms. The Bertz CT molecular complexity index is 1460. The predicted molar refractivity (Wildman–Crippen MR) is 148 cm³/mol. The summed E-state index contributed by atoms with van der Waals surface area (Å²) in [5.74, 6) is 0.402. The lowest BCUT2D eigenvalue weighted by Gasteiger charge is -2.28. The largest absolute Gasteiger partial charge is 0.507 e. The van der Waals surface area contributed by atoms with E-state index in [1.54, 1.807) is 11.3 Å². The molecule has 5 aromatic rings. The van der Waals surface area contributed by atoms with Gasteiger partial charge in [-0.1, -0.05) is 102 Å². The van der Waals surface area contributed by atoms with Gasteiger partial charge in [-0.05, 0) is 23.0 Å². The maximum Gasteiger partial charge on any atom is 0.195 e. The lowest BCUT2D eigenvalue weighted by molar-refractivity contribution is 0.423. The number of aromatic hydroxyl groups is 1. The van der Waals surface area contributed by atoms with Gasteiger partial charge in [0.1, 0.15) is 5.75 Å². The van der Waals surface area contributed by atoms with E-state index in [-0.39, 0.29) is 10.8 Å². The van der Waals surface area contributed by atoms with E-state index in [9.17, 15) is 5.11 Å². The zero-order chi connectivity index (χ0) is 25.0. The number of thiazole rings is 1. The third-order valence-electron chi connectivity index (χ3n) is 6.48. The number of hydrogen-bond acceptors (Lipinski definition) is 3. The summed E-state index contributed by atoms with van der Waals surface area (Å²) in [7, 11) is 0. The standard InChI is InChI=1S/C31H32N2OS/c1-30(2,3)23-17-22(18-24(28(23)34)31(4,5)6)25-19-35-29-32-26(20-13-9-7-10-14-20)27(33(25)29)21-15-11-8-12-16-21/h7-19,34H,1-6H3. The smallest absolute Gasteiger partial charge is 0.195 e. The fourth-order valence-electron chi connectivity index (χ4n) is 4.65. The molecule has 0 amide bonds. The Balaban J connectivity index is 1.85. The third kappa shape index (κ3) is 4.17. The molecular weight excluding hydrogens is 448 g/mol. The van der Waals surface area contributed by atoms with Crippen molar-refractivity contribution in [1.82, 2.24) is 9.38 Å². The van der Waals surface area contributed by atoms with Crippen molar-refractivity contribution in [3.63, 3.8) is 0 Å². The van der Waals surface area contributed by atoms with Gasteiger partial charge >= 0.3 is 0 Å². The highest BCUT2D eigenvalue weighted by atomic mass is 32.1. The van der Waals surface area contributed by atoms with Crippen LogP contribution in [0.15, 0.2) is 78.2 Å². The molecule has 0 fully saturated rings. The van der Waals surface area contributed by atoms with Crippen molar-refractivity contribution >= 4 is 16.3 Å². The molecule has 0 spiro atoms. The van der Waals surface area contributed by atoms with E-state index in [0.717, 1.165) is 49.9 Å². The maximum absolute atomic E-state index is 11.3. The Morgan fingerprint density at radius 2 is 1.23 bits per heavy atom. The van der Waals surface area contributed by atoms with Crippen LogP contribution in [-0.2, 0) is 10.8 Å². The molecule has 5 rings (SSSR count). The van der Waals surface area contributed by atoms with Gasteiger partial charge in [-0.25, -0.2) is 4.98 Å². The van der Waals surface area contributed by atoms with E-state index in [1.165, 1.54) is 0 Å². The molecule has 0 saturated heterocycles. The first-order valence-electron chi connectivity index (χ1n) is 12.0. The summed E-state index contributed by atoms with van der Waals surface area (Å²) in [6.45, 7) is 12.9. The van der Waals surface area contributed by atoms with Crippen LogP contribution in [0.25, 0.3) is 38.7 Å². The SMILES string of the molecule is CC(C)(C)c1cc(-c2csc3nc(-c4ccccc4)c(-c4ccccc4)n23)cc(C(C)(C)C)c1O. The molecule has 3 nitrogen and oxygen atoms in total. The Morgan fingerprint density at radius 3 is 1.74 bits per heavy atom. The highest BCUT2D eigenvalue weighted by Crippen LogP contribution is 2.44. The molecule has 0 aliphatic carbocycles. The first kappa shape index (κ1) is 23.4. The molecule has 2 aromatic heterocycles. The van der Waals surface area contributed by atoms with Crippen LogP contribution < -0.4 is 0 Å². The van der Waals surface area contributed by atoms with Gasteiger partial charge in [0.15, 0.2) is 4.96 Å². The van der Waals surface area contributed by atoms with Gasteiger partial charge in [0.2, 0.25) is 0 Å². The number of aromatic nitrogens is 2. The summed E-state index contributed by atoms with van der Waals surface area (Å²) in [5, 5.41) is 13.5. The zero-order valence-electron chi connectivity index (χ0n) is 21.3. The molecule has 178 valence electrons. The molecule has 0 saturated carbocycles. The maximum atomic E-state index is 11.3. The van der Waals surface area contributed by atoms with Crippen LogP contribution in [0.3, 0.4) is 0 Å². The van der Waals surface area contributed by atoms with E-state index in [1.807, 2.05) is 12.1 Å². The van der Waals surface area contributed by atoms with Crippen molar-refractivity contribution in [3.05, 3.63) is 89.3 Å². The summed E-state index contributed by atoms with van der Waals surface area (Å²) in [6.07, 6.45) is 0. The lowest BCUT2D eigenvalue weighted by Crippen LogP contribution is -2.17. The van der Waals surface area contributed by atoms with E-state index < -0.39 is 0 Å². The molecule has 0 aliphatic heterocycles. The van der Waals surface area contributed by atoms with Crippen LogP contribution >= 0.6 is 11.3 Å². The van der Waals surface area contributed by atoms with Crippen molar-refractivity contribution in [2.75, 3.05) is 0 Å². The molecule has 35 heavy (non-hydrogen) atoms. The Hall–Kier alpha value is -3.37. The minimum atomic E-state index is -0.193. The Labute approximate surface area is 211 Å². The van der Waals surface area contributed by atoms with Crippen molar-refractivity contribution < 1.29 is 5.11 Å². The van der Waals surface area contributed by atoms with Gasteiger partial charge in [0.25, 0.3) is 0 Å². The first-order chi connectivity index (χ1) is 16.6. The zero-order valence-corrected chi connectivity index (χ0v) is 22.1. The van der Waals surface area contributed by atoms with E-state index in [0.29, 0.717) is 5.75 Å². The second-order valence-electron chi connectivity index (χ2n) is 11.2. The lowest BCUT2D eigenvalue weighted by atomic mass is 9.78. The van der Waals surface area contributed by atoms with Crippen molar-refractivity contribution in [3.8, 4) is 39.5 Å². The summed E-state index contributed by atoms with van der Waals surface area (Å²) in [5.41, 5.74) is 8.03. The summed E-state index contributed by atoms with van der Waals surface area (Å²) < 4.78 is 2.29. The molecular formula is C31H32N2OS. The average molecular weight is 481 g/mol. The van der Waals surface area contributed by atoms with E-state index >= 15 is 0 Å². The summed E-state index contributed by atoms with van der Waals surface area (Å²) in [4.78, 5) is 6.06. The van der Waals surface area contributed by atoms with Crippen LogP contribution in [0.4, 0.5) is 0 Å². The monoisotopic (exact) mass is 480 g/mol. The molecule has 0 unspecified atom stereocenters. The van der Waals surface area contributed by atoms with E-state index in [2.05, 4.69) is 112 Å². The molecule has 1 N–H and O–H groups in total. The van der Waals surface area contributed by atoms with Crippen LogP contribution in [0.1, 0.15) is 52.7 Å². The molecule has 3 aromatic carbocycles. The number of rotatable bonds is 3. The third-order valence-corrected chi connectivity index (χ3v) is 7.31. The summed E-state index contributed by atoms with van der Waals surface area (Å²) >= 11 is 1.65. The second-order valence-corrected chi connectivity index (χ2v) is 12.0. The topological polar surface area (TPSA) is 37.5 Å². The first-order valence-corrected chi connectivity index (χ1v) is 12.9. The van der Waals surface area contributed by atoms with Crippen LogP contribution in [-0.4, -0.2) is 14.5 Å².